The van der Waals surface area contributed by atoms with E-state index in [1.54, 1.807) is 41.9 Å². The van der Waals surface area contributed by atoms with Crippen molar-refractivity contribution in [2.24, 2.45) is 0 Å². The second-order valence-electron chi connectivity index (χ2n) is 5.49. The van der Waals surface area contributed by atoms with Crippen LogP contribution in [-0.4, -0.2) is 22.5 Å². The van der Waals surface area contributed by atoms with E-state index in [-0.39, 0.29) is 5.91 Å². The Morgan fingerprint density at radius 2 is 2.04 bits per heavy atom. The van der Waals surface area contributed by atoms with Gasteiger partial charge in [0.2, 0.25) is 5.88 Å². The topological polar surface area (TPSA) is 73.3 Å². The van der Waals surface area contributed by atoms with E-state index in [0.29, 0.717) is 42.1 Å². The van der Waals surface area contributed by atoms with Gasteiger partial charge in [0.15, 0.2) is 0 Å². The minimum Gasteiger partial charge on any atom is -0.486 e. The van der Waals surface area contributed by atoms with Crippen molar-refractivity contribution in [1.82, 2.24) is 15.3 Å². The van der Waals surface area contributed by atoms with E-state index in [9.17, 15) is 4.79 Å². The first-order valence-corrected chi connectivity index (χ1v) is 9.58. The Morgan fingerprint density at radius 1 is 1.22 bits per heavy atom. The predicted molar refractivity (Wildman–Crippen MR) is 104 cm³/mol. The maximum absolute atomic E-state index is 12.3. The van der Waals surface area contributed by atoms with E-state index >= 15 is 0 Å². The van der Waals surface area contributed by atoms with Gasteiger partial charge >= 0.3 is 0 Å². The molecule has 1 amide bonds. The lowest BCUT2D eigenvalue weighted by Gasteiger charge is -2.06. The molecular formula is C19H18ClN3O3S. The summed E-state index contributed by atoms with van der Waals surface area (Å²) in [5.41, 5.74) is 1.28. The largest absolute Gasteiger partial charge is 0.486 e. The van der Waals surface area contributed by atoms with Gasteiger partial charge in [-0.1, -0.05) is 11.6 Å². The Morgan fingerprint density at radius 3 is 2.81 bits per heavy atom. The Labute approximate surface area is 166 Å². The minimum absolute atomic E-state index is 0.237. The number of thiazole rings is 1. The van der Waals surface area contributed by atoms with Gasteiger partial charge < -0.3 is 14.8 Å². The smallest absolute Gasteiger partial charge is 0.271 e. The summed E-state index contributed by atoms with van der Waals surface area (Å²) in [5.74, 6) is 1.00. The molecule has 0 bridgehead atoms. The van der Waals surface area contributed by atoms with Crippen LogP contribution in [0.1, 0.15) is 28.0 Å². The van der Waals surface area contributed by atoms with Crippen molar-refractivity contribution in [3.05, 3.63) is 69.3 Å². The maximum Gasteiger partial charge on any atom is 0.271 e. The fraction of sp³-hybridized carbons (Fsp3) is 0.211. The molecule has 1 N–H and O–H groups in total. The van der Waals surface area contributed by atoms with Crippen molar-refractivity contribution in [2.45, 2.75) is 20.1 Å². The van der Waals surface area contributed by atoms with Crippen molar-refractivity contribution in [3.63, 3.8) is 0 Å². The van der Waals surface area contributed by atoms with E-state index in [1.807, 2.05) is 13.0 Å². The van der Waals surface area contributed by atoms with E-state index in [0.717, 1.165) is 10.6 Å². The number of pyridine rings is 1. The van der Waals surface area contributed by atoms with Crippen LogP contribution in [-0.2, 0) is 13.2 Å². The number of aromatic nitrogens is 2. The Hall–Kier alpha value is -2.64. The number of hydrogen-bond donors (Lipinski definition) is 1. The lowest BCUT2D eigenvalue weighted by atomic mass is 10.2. The molecule has 0 saturated heterocycles. The monoisotopic (exact) mass is 403 g/mol. The highest BCUT2D eigenvalue weighted by Crippen LogP contribution is 2.18. The van der Waals surface area contributed by atoms with E-state index in [4.69, 9.17) is 21.1 Å². The number of ether oxygens (including phenoxy) is 2. The molecule has 0 atom stereocenters. The number of nitrogens with zero attached hydrogens (tertiary/aromatic N) is 2. The molecule has 140 valence electrons. The molecule has 0 saturated carbocycles. The van der Waals surface area contributed by atoms with Gasteiger partial charge in [0.05, 0.1) is 6.61 Å². The zero-order chi connectivity index (χ0) is 19.1. The van der Waals surface area contributed by atoms with Crippen molar-refractivity contribution < 1.29 is 14.3 Å². The van der Waals surface area contributed by atoms with Crippen molar-refractivity contribution in [3.8, 4) is 11.6 Å². The zero-order valence-corrected chi connectivity index (χ0v) is 16.2. The number of benzene rings is 1. The molecular weight excluding hydrogens is 386 g/mol. The number of hydrogen-bond acceptors (Lipinski definition) is 6. The maximum atomic E-state index is 12.3. The van der Waals surface area contributed by atoms with Crippen LogP contribution < -0.4 is 14.8 Å². The molecule has 2 heterocycles. The normalized spacial score (nSPS) is 10.4. The van der Waals surface area contributed by atoms with Crippen molar-refractivity contribution in [1.29, 1.82) is 0 Å². The molecule has 0 fully saturated rings. The summed E-state index contributed by atoms with van der Waals surface area (Å²) in [6, 6.07) is 10.7. The van der Waals surface area contributed by atoms with Gasteiger partial charge in [0, 0.05) is 29.2 Å². The Kier molecular flexibility index (Phi) is 6.62. The average molecular weight is 404 g/mol. The fourth-order valence-corrected chi connectivity index (χ4v) is 3.03. The second kappa shape index (κ2) is 9.34. The molecule has 0 unspecified atom stereocenters. The van der Waals surface area contributed by atoms with Crippen LogP contribution >= 0.6 is 22.9 Å². The van der Waals surface area contributed by atoms with Gasteiger partial charge in [-0.3, -0.25) is 4.79 Å². The highest BCUT2D eigenvalue weighted by molar-refractivity contribution is 7.09. The molecule has 3 aromatic rings. The summed E-state index contributed by atoms with van der Waals surface area (Å²) >= 11 is 7.22. The van der Waals surface area contributed by atoms with Crippen LogP contribution in [0.15, 0.2) is 48.0 Å². The van der Waals surface area contributed by atoms with Gasteiger partial charge in [-0.15, -0.1) is 11.3 Å². The molecule has 0 aliphatic rings. The predicted octanol–water partition coefficient (Wildman–Crippen LogP) is 4.10. The van der Waals surface area contributed by atoms with Crippen LogP contribution in [0.2, 0.25) is 5.02 Å². The summed E-state index contributed by atoms with van der Waals surface area (Å²) in [4.78, 5) is 20.7. The molecule has 0 radical (unpaired) electrons. The third-order valence-electron chi connectivity index (χ3n) is 3.50. The number of carbonyl (C=O) groups is 1. The Balaban J connectivity index is 1.52. The summed E-state index contributed by atoms with van der Waals surface area (Å²) in [6.45, 7) is 3.10. The summed E-state index contributed by atoms with van der Waals surface area (Å²) in [5, 5.41) is 5.93. The van der Waals surface area contributed by atoms with Crippen molar-refractivity contribution >= 4 is 28.8 Å². The SMILES string of the molecule is CCOc1cc(CNC(=O)c2csc(COc3ccc(Cl)cc3)n2)ccn1. The van der Waals surface area contributed by atoms with Crippen LogP contribution in [0.5, 0.6) is 11.6 Å². The number of nitrogens with one attached hydrogen (secondary N) is 1. The molecule has 1 aromatic carbocycles. The van der Waals surface area contributed by atoms with Gasteiger partial charge in [0.25, 0.3) is 5.91 Å². The first kappa shape index (κ1) is 19.1. The van der Waals surface area contributed by atoms with E-state index in [1.165, 1.54) is 11.3 Å². The molecule has 3 rings (SSSR count). The lowest BCUT2D eigenvalue weighted by molar-refractivity contribution is 0.0946. The van der Waals surface area contributed by atoms with Crippen LogP contribution in [0.25, 0.3) is 0 Å². The van der Waals surface area contributed by atoms with Gasteiger partial charge in [-0.05, 0) is 42.8 Å². The van der Waals surface area contributed by atoms with Crippen LogP contribution in [0.3, 0.4) is 0 Å². The second-order valence-corrected chi connectivity index (χ2v) is 6.87. The number of amides is 1. The van der Waals surface area contributed by atoms with Gasteiger partial charge in [0.1, 0.15) is 23.1 Å². The third-order valence-corrected chi connectivity index (χ3v) is 4.58. The molecule has 0 spiro atoms. The average Bonchev–Trinajstić information content (AvgIpc) is 3.15. The lowest BCUT2D eigenvalue weighted by Crippen LogP contribution is -2.23. The number of carbonyl (C=O) groups excluding carboxylic acids is 1. The van der Waals surface area contributed by atoms with E-state index < -0.39 is 0 Å². The van der Waals surface area contributed by atoms with E-state index in [2.05, 4.69) is 15.3 Å². The molecule has 6 nitrogen and oxygen atoms in total. The van der Waals surface area contributed by atoms with Gasteiger partial charge in [-0.25, -0.2) is 9.97 Å². The third kappa shape index (κ3) is 5.67. The first-order chi connectivity index (χ1) is 13.1. The van der Waals surface area contributed by atoms with Crippen LogP contribution in [0, 0.1) is 0 Å². The quantitative estimate of drug-likeness (QED) is 0.613. The van der Waals surface area contributed by atoms with Crippen LogP contribution in [0.4, 0.5) is 0 Å². The number of rotatable bonds is 8. The number of halogens is 1. The van der Waals surface area contributed by atoms with Gasteiger partial charge in [-0.2, -0.15) is 0 Å². The standard InChI is InChI=1S/C19H18ClN3O3S/c1-2-25-17-9-13(7-8-21-17)10-22-19(24)16-12-27-18(23-16)11-26-15-5-3-14(20)4-6-15/h3-9,12H,2,10-11H2,1H3,(H,22,24). The summed E-state index contributed by atoms with van der Waals surface area (Å²) < 4.78 is 11.0. The van der Waals surface area contributed by atoms with Crippen molar-refractivity contribution in [2.75, 3.05) is 6.61 Å². The molecule has 0 aliphatic heterocycles. The molecule has 27 heavy (non-hydrogen) atoms. The summed E-state index contributed by atoms with van der Waals surface area (Å²) in [7, 11) is 0. The highest BCUT2D eigenvalue weighted by atomic mass is 35.5. The fourth-order valence-electron chi connectivity index (χ4n) is 2.22. The Bertz CT molecular complexity index is 899. The minimum atomic E-state index is -0.237. The molecule has 0 aliphatic carbocycles. The first-order valence-electron chi connectivity index (χ1n) is 8.32. The highest BCUT2D eigenvalue weighted by Gasteiger charge is 2.11. The zero-order valence-electron chi connectivity index (χ0n) is 14.6. The summed E-state index contributed by atoms with van der Waals surface area (Å²) in [6.07, 6.45) is 1.65. The molecule has 8 heteroatoms. The molecule has 2 aromatic heterocycles.